The van der Waals surface area contributed by atoms with Gasteiger partial charge in [0.1, 0.15) is 5.52 Å². The van der Waals surface area contributed by atoms with Gasteiger partial charge >= 0.3 is 0 Å². The van der Waals surface area contributed by atoms with Crippen molar-refractivity contribution in [2.45, 2.75) is 32.2 Å². The molecule has 2 aromatic heterocycles. The molecule has 0 bridgehead atoms. The van der Waals surface area contributed by atoms with Crippen molar-refractivity contribution in [2.24, 2.45) is 0 Å². The normalized spacial score (nSPS) is 18.5. The molecule has 1 N–H and O–H groups in total. The number of pyridine rings is 2. The second kappa shape index (κ2) is 6.60. The molecule has 1 fully saturated rings. The number of aromatic nitrogens is 2. The highest BCUT2D eigenvalue weighted by molar-refractivity contribution is 9.10. The third-order valence-corrected chi connectivity index (χ3v) is 4.40. The summed E-state index contributed by atoms with van der Waals surface area (Å²) in [4.78, 5) is 22.8. The first-order valence-corrected chi connectivity index (χ1v) is 8.41. The van der Waals surface area contributed by atoms with E-state index in [2.05, 4.69) is 36.1 Å². The van der Waals surface area contributed by atoms with Gasteiger partial charge in [-0.3, -0.25) is 14.8 Å². The number of amides is 1. The number of hydrogen-bond donors (Lipinski definition) is 1. The first-order valence-electron chi connectivity index (χ1n) is 7.62. The zero-order valence-corrected chi connectivity index (χ0v) is 14.1. The lowest BCUT2D eigenvalue weighted by Gasteiger charge is -2.35. The molecule has 1 aliphatic heterocycles. The molecule has 1 amide bonds. The van der Waals surface area contributed by atoms with Crippen molar-refractivity contribution in [3.05, 3.63) is 29.0 Å². The van der Waals surface area contributed by atoms with Crippen LogP contribution < -0.4 is 10.2 Å². The van der Waals surface area contributed by atoms with Gasteiger partial charge in [0.05, 0.1) is 11.2 Å². The van der Waals surface area contributed by atoms with Gasteiger partial charge in [-0.25, -0.2) is 0 Å². The van der Waals surface area contributed by atoms with Crippen LogP contribution in [0.1, 0.15) is 26.2 Å². The number of carbonyl (C=O) groups is 1. The molecule has 1 unspecified atom stereocenters. The molecule has 22 heavy (non-hydrogen) atoms. The van der Waals surface area contributed by atoms with Crippen LogP contribution in [0.15, 0.2) is 29.0 Å². The summed E-state index contributed by atoms with van der Waals surface area (Å²) in [5.74, 6) is 0.119. The van der Waals surface area contributed by atoms with Gasteiger partial charge < -0.3 is 10.2 Å². The van der Waals surface area contributed by atoms with Crippen LogP contribution in [-0.2, 0) is 4.79 Å². The number of nitrogens with zero attached hydrogens (tertiary/aromatic N) is 3. The van der Waals surface area contributed by atoms with E-state index in [1.807, 2.05) is 25.3 Å². The molecular weight excluding hydrogens is 344 g/mol. The SMILES string of the molecule is CCC(=O)NC1CCCN(c2ccnc3cc(Br)cnc23)C1. The molecule has 0 aliphatic carbocycles. The number of hydrogen-bond acceptors (Lipinski definition) is 4. The molecule has 5 nitrogen and oxygen atoms in total. The van der Waals surface area contributed by atoms with Crippen molar-refractivity contribution in [1.82, 2.24) is 15.3 Å². The summed E-state index contributed by atoms with van der Waals surface area (Å²) < 4.78 is 0.927. The van der Waals surface area contributed by atoms with Gasteiger partial charge in [-0.15, -0.1) is 0 Å². The number of carbonyl (C=O) groups excluding carboxylic acids is 1. The minimum Gasteiger partial charge on any atom is -0.368 e. The van der Waals surface area contributed by atoms with E-state index in [4.69, 9.17) is 0 Å². The highest BCUT2D eigenvalue weighted by Crippen LogP contribution is 2.27. The third-order valence-electron chi connectivity index (χ3n) is 3.97. The maximum atomic E-state index is 11.6. The highest BCUT2D eigenvalue weighted by Gasteiger charge is 2.22. The smallest absolute Gasteiger partial charge is 0.219 e. The van der Waals surface area contributed by atoms with E-state index in [0.29, 0.717) is 6.42 Å². The molecule has 0 aromatic carbocycles. The number of fused-ring (bicyclic) bond motifs is 1. The summed E-state index contributed by atoms with van der Waals surface area (Å²) >= 11 is 3.43. The monoisotopic (exact) mass is 362 g/mol. The Hall–Kier alpha value is -1.69. The number of nitrogens with one attached hydrogen (secondary N) is 1. The molecular formula is C16H19BrN4O. The fourth-order valence-corrected chi connectivity index (χ4v) is 3.21. The van der Waals surface area contributed by atoms with Crippen LogP contribution in [-0.4, -0.2) is 35.0 Å². The van der Waals surface area contributed by atoms with Crippen molar-refractivity contribution >= 4 is 38.6 Å². The first kappa shape index (κ1) is 15.2. The topological polar surface area (TPSA) is 58.1 Å². The lowest BCUT2D eigenvalue weighted by atomic mass is 10.0. The van der Waals surface area contributed by atoms with Crippen molar-refractivity contribution in [1.29, 1.82) is 0 Å². The summed E-state index contributed by atoms with van der Waals surface area (Å²) in [7, 11) is 0. The van der Waals surface area contributed by atoms with Crippen molar-refractivity contribution in [3.63, 3.8) is 0 Å². The number of piperidine rings is 1. The molecule has 0 radical (unpaired) electrons. The van der Waals surface area contributed by atoms with Gasteiger partial charge in [-0.1, -0.05) is 6.92 Å². The second-order valence-corrected chi connectivity index (χ2v) is 6.47. The maximum Gasteiger partial charge on any atom is 0.219 e. The molecule has 3 rings (SSSR count). The van der Waals surface area contributed by atoms with Crippen LogP contribution in [0.25, 0.3) is 11.0 Å². The Balaban J connectivity index is 1.85. The zero-order chi connectivity index (χ0) is 15.5. The molecule has 0 saturated carbocycles. The summed E-state index contributed by atoms with van der Waals surface area (Å²) in [6, 6.07) is 4.19. The van der Waals surface area contributed by atoms with Crippen molar-refractivity contribution < 1.29 is 4.79 Å². The number of halogens is 1. The Bertz CT molecular complexity index is 691. The zero-order valence-electron chi connectivity index (χ0n) is 12.6. The Morgan fingerprint density at radius 1 is 1.50 bits per heavy atom. The van der Waals surface area contributed by atoms with E-state index in [1.54, 1.807) is 6.20 Å². The van der Waals surface area contributed by atoms with Crippen LogP contribution in [0.2, 0.25) is 0 Å². The molecule has 3 heterocycles. The van der Waals surface area contributed by atoms with Gasteiger partial charge in [0, 0.05) is 42.4 Å². The van der Waals surface area contributed by atoms with Gasteiger partial charge in [0.25, 0.3) is 0 Å². The van der Waals surface area contributed by atoms with E-state index in [1.165, 1.54) is 0 Å². The van der Waals surface area contributed by atoms with E-state index in [-0.39, 0.29) is 11.9 Å². The molecule has 0 spiro atoms. The van der Waals surface area contributed by atoms with Crippen LogP contribution in [0.5, 0.6) is 0 Å². The highest BCUT2D eigenvalue weighted by atomic mass is 79.9. The van der Waals surface area contributed by atoms with Gasteiger partial charge in [-0.05, 0) is 40.9 Å². The molecule has 6 heteroatoms. The molecule has 1 atom stereocenters. The summed E-state index contributed by atoms with van der Waals surface area (Å²) in [5, 5.41) is 3.10. The molecule has 2 aromatic rings. The van der Waals surface area contributed by atoms with Crippen molar-refractivity contribution in [3.8, 4) is 0 Å². The molecule has 1 saturated heterocycles. The first-order chi connectivity index (χ1) is 10.7. The average Bonchev–Trinajstić information content (AvgIpc) is 2.54. The van der Waals surface area contributed by atoms with Gasteiger partial charge in [0.15, 0.2) is 0 Å². The van der Waals surface area contributed by atoms with Crippen LogP contribution in [0, 0.1) is 0 Å². The lowest BCUT2D eigenvalue weighted by molar-refractivity contribution is -0.121. The second-order valence-electron chi connectivity index (χ2n) is 5.56. The standard InChI is InChI=1S/C16H19BrN4O/c1-2-15(22)20-12-4-3-7-21(10-12)14-5-6-18-13-8-11(17)9-19-16(13)14/h5-6,8-9,12H,2-4,7,10H2,1H3,(H,20,22). The van der Waals surface area contributed by atoms with E-state index < -0.39 is 0 Å². The molecule has 1 aliphatic rings. The Kier molecular flexibility index (Phi) is 4.57. The number of rotatable bonds is 3. The third kappa shape index (κ3) is 3.21. The van der Waals surface area contributed by atoms with Crippen molar-refractivity contribution in [2.75, 3.05) is 18.0 Å². The minimum absolute atomic E-state index is 0.119. The Labute approximate surface area is 138 Å². The predicted molar refractivity (Wildman–Crippen MR) is 90.9 cm³/mol. The average molecular weight is 363 g/mol. The Morgan fingerprint density at radius 3 is 3.18 bits per heavy atom. The Morgan fingerprint density at radius 2 is 2.36 bits per heavy atom. The van der Waals surface area contributed by atoms with Gasteiger partial charge in [0.2, 0.25) is 5.91 Å². The van der Waals surface area contributed by atoms with Crippen LogP contribution in [0.3, 0.4) is 0 Å². The summed E-state index contributed by atoms with van der Waals surface area (Å²) in [5.41, 5.74) is 2.88. The van der Waals surface area contributed by atoms with Crippen LogP contribution >= 0.6 is 15.9 Å². The molecule has 116 valence electrons. The fourth-order valence-electron chi connectivity index (χ4n) is 2.89. The lowest BCUT2D eigenvalue weighted by Crippen LogP contribution is -2.47. The number of anilines is 1. The summed E-state index contributed by atoms with van der Waals surface area (Å²) in [6.45, 7) is 3.69. The largest absolute Gasteiger partial charge is 0.368 e. The van der Waals surface area contributed by atoms with E-state index >= 15 is 0 Å². The van der Waals surface area contributed by atoms with Crippen LogP contribution in [0.4, 0.5) is 5.69 Å². The fraction of sp³-hybridized carbons (Fsp3) is 0.438. The maximum absolute atomic E-state index is 11.6. The quantitative estimate of drug-likeness (QED) is 0.911. The van der Waals surface area contributed by atoms with E-state index in [0.717, 1.165) is 47.1 Å². The minimum atomic E-state index is 0.119. The van der Waals surface area contributed by atoms with Gasteiger partial charge in [-0.2, -0.15) is 0 Å². The predicted octanol–water partition coefficient (Wildman–Crippen LogP) is 2.89. The summed E-state index contributed by atoms with van der Waals surface area (Å²) in [6.07, 6.45) is 6.25. The van der Waals surface area contributed by atoms with E-state index in [9.17, 15) is 4.79 Å².